The summed E-state index contributed by atoms with van der Waals surface area (Å²) in [6, 6.07) is 2.15. The fraction of sp³-hybridized carbons (Fsp3) is 0.455. The van der Waals surface area contributed by atoms with Crippen LogP contribution in [0.25, 0.3) is 0 Å². The van der Waals surface area contributed by atoms with Crippen molar-refractivity contribution >= 4 is 43.4 Å². The molecule has 19 heavy (non-hydrogen) atoms. The molecule has 0 atom stereocenters. The summed E-state index contributed by atoms with van der Waals surface area (Å²) in [5.74, 6) is -0.837. The fourth-order valence-electron chi connectivity index (χ4n) is 1.17. The Morgan fingerprint density at radius 3 is 2.58 bits per heavy atom. The molecule has 0 aliphatic rings. The molecule has 0 bridgehead atoms. The van der Waals surface area contributed by atoms with E-state index in [1.165, 1.54) is 11.8 Å². The van der Waals surface area contributed by atoms with Crippen molar-refractivity contribution in [3.05, 3.63) is 22.4 Å². The van der Waals surface area contributed by atoms with Crippen molar-refractivity contribution in [3.8, 4) is 0 Å². The highest BCUT2D eigenvalue weighted by molar-refractivity contribution is 9.10. The molecule has 4 nitrogen and oxygen atoms in total. The third-order valence-corrected chi connectivity index (χ3v) is 5.93. The minimum atomic E-state index is -3.91. The summed E-state index contributed by atoms with van der Waals surface area (Å²) in [6.07, 6.45) is 1.88. The molecule has 0 aromatic heterocycles. The molecule has 0 amide bonds. The van der Waals surface area contributed by atoms with Gasteiger partial charge in [-0.1, -0.05) is 0 Å². The monoisotopic (exact) mass is 370 g/mol. The maximum atomic E-state index is 13.7. The first-order valence-electron chi connectivity index (χ1n) is 5.38. The van der Waals surface area contributed by atoms with Crippen LogP contribution in [0.2, 0.25) is 0 Å². The molecule has 1 aromatic rings. The first-order valence-corrected chi connectivity index (χ1v) is 8.88. The lowest BCUT2D eigenvalue weighted by molar-refractivity contribution is 0.550. The molecular formula is C11H16BrFN2O2S2. The van der Waals surface area contributed by atoms with Crippen LogP contribution in [-0.2, 0) is 10.0 Å². The maximum absolute atomic E-state index is 13.7. The average molecular weight is 371 g/mol. The molecule has 0 saturated carbocycles. The lowest BCUT2D eigenvalue weighted by Crippen LogP contribution is -2.36. The molecule has 8 heteroatoms. The van der Waals surface area contributed by atoms with E-state index < -0.39 is 20.7 Å². The molecule has 0 unspecified atom stereocenters. The molecule has 0 fully saturated rings. The van der Waals surface area contributed by atoms with Gasteiger partial charge in [0.1, 0.15) is 10.7 Å². The Hall–Kier alpha value is -0.310. The first-order chi connectivity index (χ1) is 8.59. The molecule has 0 spiro atoms. The Bertz CT molecular complexity index is 576. The van der Waals surface area contributed by atoms with E-state index in [9.17, 15) is 12.8 Å². The molecule has 0 aliphatic carbocycles. The highest BCUT2D eigenvalue weighted by atomic mass is 79.9. The van der Waals surface area contributed by atoms with Crippen molar-refractivity contribution in [2.45, 2.75) is 23.5 Å². The zero-order valence-electron chi connectivity index (χ0n) is 10.8. The number of anilines is 1. The van der Waals surface area contributed by atoms with Crippen LogP contribution in [0, 0.1) is 5.82 Å². The molecule has 0 heterocycles. The van der Waals surface area contributed by atoms with E-state index in [-0.39, 0.29) is 17.0 Å². The fourth-order valence-corrected chi connectivity index (χ4v) is 3.10. The van der Waals surface area contributed by atoms with E-state index in [1.807, 2.05) is 20.1 Å². The van der Waals surface area contributed by atoms with Crippen molar-refractivity contribution in [3.63, 3.8) is 0 Å². The Morgan fingerprint density at radius 1 is 1.47 bits per heavy atom. The van der Waals surface area contributed by atoms with Gasteiger partial charge in [-0.3, -0.25) is 0 Å². The molecule has 1 rings (SSSR count). The van der Waals surface area contributed by atoms with Gasteiger partial charge in [0.2, 0.25) is 10.0 Å². The third-order valence-electron chi connectivity index (χ3n) is 2.58. The maximum Gasteiger partial charge on any atom is 0.243 e. The number of sulfonamides is 1. The predicted molar refractivity (Wildman–Crippen MR) is 81.3 cm³/mol. The Balaban J connectivity index is 3.05. The lowest BCUT2D eigenvalue weighted by atomic mass is 10.2. The number of rotatable bonds is 5. The average Bonchev–Trinajstić information content (AvgIpc) is 2.31. The number of thioether (sulfide) groups is 1. The summed E-state index contributed by atoms with van der Waals surface area (Å²) < 4.78 is 40.3. The Labute approximate surface area is 125 Å². The van der Waals surface area contributed by atoms with Crippen LogP contribution in [0.15, 0.2) is 21.5 Å². The SMILES string of the molecule is CSC(C)(C)CNS(=O)(=O)c1cc(N)c(Br)cc1F. The lowest BCUT2D eigenvalue weighted by Gasteiger charge is -2.22. The van der Waals surface area contributed by atoms with Crippen LogP contribution in [-0.4, -0.2) is 26.0 Å². The molecular weight excluding hydrogens is 355 g/mol. The van der Waals surface area contributed by atoms with Crippen LogP contribution in [0.1, 0.15) is 13.8 Å². The topological polar surface area (TPSA) is 72.2 Å². The number of nitrogens with two attached hydrogens (primary N) is 1. The highest BCUT2D eigenvalue weighted by Gasteiger charge is 2.24. The van der Waals surface area contributed by atoms with Crippen molar-refractivity contribution < 1.29 is 12.8 Å². The van der Waals surface area contributed by atoms with Crippen molar-refractivity contribution in [1.29, 1.82) is 0 Å². The smallest absolute Gasteiger partial charge is 0.243 e. The standard InChI is InChI=1S/C11H16BrFN2O2S2/c1-11(2,18-3)6-15-19(16,17)10-5-9(14)7(12)4-8(10)13/h4-5,15H,6,14H2,1-3H3. The predicted octanol–water partition coefficient (Wildman–Crippen LogP) is 2.59. The number of hydrogen-bond acceptors (Lipinski definition) is 4. The number of hydrogen-bond donors (Lipinski definition) is 2. The van der Waals surface area contributed by atoms with Gasteiger partial charge in [0, 0.05) is 21.5 Å². The van der Waals surface area contributed by atoms with Gasteiger partial charge in [-0.15, -0.1) is 0 Å². The summed E-state index contributed by atoms with van der Waals surface area (Å²) in [5, 5.41) is 0. The van der Waals surface area contributed by atoms with E-state index >= 15 is 0 Å². The van der Waals surface area contributed by atoms with Gasteiger partial charge in [0.25, 0.3) is 0 Å². The van der Waals surface area contributed by atoms with Crippen molar-refractivity contribution in [2.75, 3.05) is 18.5 Å². The summed E-state index contributed by atoms with van der Waals surface area (Å²) in [5.41, 5.74) is 5.76. The zero-order valence-corrected chi connectivity index (χ0v) is 14.0. The first kappa shape index (κ1) is 16.7. The molecule has 1 aromatic carbocycles. The minimum absolute atomic E-state index is 0.172. The molecule has 108 valence electrons. The summed E-state index contributed by atoms with van der Waals surface area (Å²) in [7, 11) is -3.91. The van der Waals surface area contributed by atoms with Gasteiger partial charge < -0.3 is 5.73 Å². The third kappa shape index (κ3) is 4.34. The normalized spacial score (nSPS) is 12.7. The number of nitrogens with one attached hydrogen (secondary N) is 1. The zero-order chi connectivity index (χ0) is 14.8. The Kier molecular flexibility index (Phi) is 5.28. The highest BCUT2D eigenvalue weighted by Crippen LogP contribution is 2.26. The van der Waals surface area contributed by atoms with E-state index in [4.69, 9.17) is 5.73 Å². The molecule has 0 aliphatic heterocycles. The van der Waals surface area contributed by atoms with Gasteiger partial charge in [-0.2, -0.15) is 11.8 Å². The number of halogens is 2. The van der Waals surface area contributed by atoms with Gasteiger partial charge in [-0.25, -0.2) is 17.5 Å². The summed E-state index contributed by atoms with van der Waals surface area (Å²) in [6.45, 7) is 3.99. The van der Waals surface area contributed by atoms with Gasteiger partial charge >= 0.3 is 0 Å². The van der Waals surface area contributed by atoms with Crippen molar-refractivity contribution in [1.82, 2.24) is 4.72 Å². The van der Waals surface area contributed by atoms with Crippen LogP contribution in [0.4, 0.5) is 10.1 Å². The van der Waals surface area contributed by atoms with Gasteiger partial charge in [-0.05, 0) is 48.2 Å². The van der Waals surface area contributed by atoms with E-state index in [0.717, 1.165) is 12.1 Å². The van der Waals surface area contributed by atoms with E-state index in [1.54, 1.807) is 0 Å². The molecule has 0 radical (unpaired) electrons. The Morgan fingerprint density at radius 2 is 2.05 bits per heavy atom. The van der Waals surface area contributed by atoms with Gasteiger partial charge in [0.05, 0.1) is 0 Å². The van der Waals surface area contributed by atoms with Crippen LogP contribution < -0.4 is 10.5 Å². The van der Waals surface area contributed by atoms with Crippen LogP contribution in [0.3, 0.4) is 0 Å². The second kappa shape index (κ2) is 5.99. The summed E-state index contributed by atoms with van der Waals surface area (Å²) in [4.78, 5) is -0.440. The summed E-state index contributed by atoms with van der Waals surface area (Å²) >= 11 is 4.57. The number of nitrogen functional groups attached to an aromatic ring is 1. The quantitative estimate of drug-likeness (QED) is 0.781. The van der Waals surface area contributed by atoms with Crippen LogP contribution in [0.5, 0.6) is 0 Å². The largest absolute Gasteiger partial charge is 0.398 e. The number of benzene rings is 1. The van der Waals surface area contributed by atoms with Gasteiger partial charge in [0.15, 0.2) is 0 Å². The van der Waals surface area contributed by atoms with E-state index in [0.29, 0.717) is 4.47 Å². The van der Waals surface area contributed by atoms with Crippen molar-refractivity contribution in [2.24, 2.45) is 0 Å². The van der Waals surface area contributed by atoms with Crippen LogP contribution >= 0.6 is 27.7 Å². The second-order valence-corrected chi connectivity index (χ2v) is 8.70. The molecule has 0 saturated heterocycles. The van der Waals surface area contributed by atoms with E-state index in [2.05, 4.69) is 20.7 Å². The molecule has 3 N–H and O–H groups in total. The second-order valence-electron chi connectivity index (χ2n) is 4.59. The minimum Gasteiger partial charge on any atom is -0.398 e.